The summed E-state index contributed by atoms with van der Waals surface area (Å²) in [4.78, 5) is 20.0. The molecule has 0 aliphatic carbocycles. The number of fused-ring (bicyclic) bond motifs is 6. The summed E-state index contributed by atoms with van der Waals surface area (Å²) in [6.07, 6.45) is 15.0. The van der Waals surface area contributed by atoms with Crippen LogP contribution >= 0.6 is 0 Å². The Hall–Kier alpha value is -7.76. The number of pyridine rings is 4. The molecule has 7 aromatic carbocycles. The van der Waals surface area contributed by atoms with Crippen molar-refractivity contribution in [3.8, 4) is 33.4 Å². The van der Waals surface area contributed by atoms with Gasteiger partial charge in [0, 0.05) is 88.5 Å². The molecule has 11 rings (SSSR count). The second-order valence-electron chi connectivity index (χ2n) is 14.5. The molecule has 0 bridgehead atoms. The van der Waals surface area contributed by atoms with Crippen LogP contribution in [0.4, 0.5) is 17.1 Å². The molecule has 0 aliphatic heterocycles. The van der Waals surface area contributed by atoms with E-state index in [1.54, 1.807) is 0 Å². The molecular weight excluding hydrogens is 695 g/mol. The van der Waals surface area contributed by atoms with E-state index >= 15 is 0 Å². The minimum absolute atomic E-state index is 1.02. The van der Waals surface area contributed by atoms with Crippen LogP contribution in [0, 0.1) is 0 Å². The minimum Gasteiger partial charge on any atom is -0.310 e. The minimum atomic E-state index is 1.02. The highest BCUT2D eigenvalue weighted by Gasteiger charge is 2.16. The summed E-state index contributed by atoms with van der Waals surface area (Å²) in [6.45, 7) is 0. The van der Waals surface area contributed by atoms with Crippen LogP contribution in [0.5, 0.6) is 0 Å². The van der Waals surface area contributed by atoms with E-state index in [4.69, 9.17) is 0 Å². The highest BCUT2D eigenvalue weighted by atomic mass is 15.1. The third-order valence-corrected chi connectivity index (χ3v) is 11.2. The molecule has 4 heterocycles. The monoisotopic (exact) mass is 727 g/mol. The van der Waals surface area contributed by atoms with E-state index in [1.807, 2.05) is 49.6 Å². The highest BCUT2D eigenvalue weighted by molar-refractivity contribution is 6.10. The molecule has 0 saturated carbocycles. The lowest BCUT2D eigenvalue weighted by Gasteiger charge is -2.26. The van der Waals surface area contributed by atoms with Crippen LogP contribution in [0.3, 0.4) is 0 Å². The molecule has 11 aromatic rings. The maximum atomic E-state index is 4.52. The molecule has 4 aromatic heterocycles. The van der Waals surface area contributed by atoms with Crippen LogP contribution in [-0.2, 0) is 0 Å². The summed E-state index contributed by atoms with van der Waals surface area (Å²) in [5.74, 6) is 0. The van der Waals surface area contributed by atoms with E-state index in [1.165, 1.54) is 43.4 Å². The molecule has 0 N–H and O–H groups in total. The highest BCUT2D eigenvalue weighted by Crippen LogP contribution is 2.40. The van der Waals surface area contributed by atoms with Crippen molar-refractivity contribution < 1.29 is 0 Å². The van der Waals surface area contributed by atoms with Crippen molar-refractivity contribution in [3.05, 3.63) is 201 Å². The first-order valence-electron chi connectivity index (χ1n) is 19.1. The molecule has 5 heteroatoms. The number of aromatic nitrogens is 4. The maximum Gasteiger partial charge on any atom is 0.0468 e. The van der Waals surface area contributed by atoms with Gasteiger partial charge in [-0.2, -0.15) is 0 Å². The first-order chi connectivity index (χ1) is 28.2. The first kappa shape index (κ1) is 32.7. The fourth-order valence-electron chi connectivity index (χ4n) is 8.27. The van der Waals surface area contributed by atoms with Crippen molar-refractivity contribution in [2.75, 3.05) is 4.90 Å². The van der Waals surface area contributed by atoms with Gasteiger partial charge in [0.1, 0.15) is 0 Å². The summed E-state index contributed by atoms with van der Waals surface area (Å²) in [7, 11) is 0. The van der Waals surface area contributed by atoms with Crippen molar-refractivity contribution in [2.24, 2.45) is 0 Å². The Bertz CT molecular complexity index is 3170. The topological polar surface area (TPSA) is 54.8 Å². The van der Waals surface area contributed by atoms with Crippen molar-refractivity contribution in [2.45, 2.75) is 0 Å². The largest absolute Gasteiger partial charge is 0.310 e. The summed E-state index contributed by atoms with van der Waals surface area (Å²) >= 11 is 0. The van der Waals surface area contributed by atoms with Crippen LogP contribution in [0.15, 0.2) is 201 Å². The van der Waals surface area contributed by atoms with E-state index in [-0.39, 0.29) is 0 Å². The maximum absolute atomic E-state index is 4.52. The number of rotatable bonds is 6. The molecule has 0 aliphatic rings. The Morgan fingerprint density at radius 2 is 0.737 bits per heavy atom. The molecule has 5 nitrogen and oxygen atoms in total. The SMILES string of the molecule is c1ccc2cc(-c3ccc4c(ccc5cc(N(c6ccc(-c7cncc8cnccc78)cc6)c6ccc(-c7cncc8cnccc78)cc6)ccc54)c3)ccc2c1. The summed E-state index contributed by atoms with van der Waals surface area (Å²) in [5, 5.41) is 11.7. The first-order valence-corrected chi connectivity index (χ1v) is 19.1. The third kappa shape index (κ3) is 5.81. The second kappa shape index (κ2) is 13.5. The molecule has 0 saturated heterocycles. The lowest BCUT2D eigenvalue weighted by atomic mass is 9.96. The average Bonchev–Trinajstić information content (AvgIpc) is 3.29. The van der Waals surface area contributed by atoms with E-state index in [0.29, 0.717) is 0 Å². The Kier molecular flexibility index (Phi) is 7.74. The van der Waals surface area contributed by atoms with Crippen molar-refractivity contribution >= 4 is 70.9 Å². The molecule has 0 spiro atoms. The summed E-state index contributed by atoms with van der Waals surface area (Å²) in [6, 6.07) is 55.0. The Balaban J connectivity index is 1.00. The smallest absolute Gasteiger partial charge is 0.0468 e. The standard InChI is InChI=1S/C52H33N5/c1-2-4-37-25-38(6-5-34(37)3-1)39-13-19-47-40(26-39)7-8-41-27-46(18-20-48(41)47)57(44-14-9-35(10-15-44)51-32-55-30-42-28-53-23-21-49(42)51)45-16-11-36(12-17-45)52-33-56-31-43-29-54-24-22-50(43)52/h1-33H. The normalized spacial score (nSPS) is 11.5. The van der Waals surface area contributed by atoms with Gasteiger partial charge in [-0.25, -0.2) is 0 Å². The fourth-order valence-corrected chi connectivity index (χ4v) is 8.27. The molecule has 0 amide bonds. The van der Waals surface area contributed by atoms with Gasteiger partial charge in [0.15, 0.2) is 0 Å². The quantitative estimate of drug-likeness (QED) is 0.160. The molecular formula is C52H33N5. The Morgan fingerprint density at radius 1 is 0.281 bits per heavy atom. The molecule has 0 unspecified atom stereocenters. The third-order valence-electron chi connectivity index (χ3n) is 11.2. The van der Waals surface area contributed by atoms with E-state index in [2.05, 4.69) is 176 Å². The Labute approximate surface area is 329 Å². The Morgan fingerprint density at radius 3 is 1.35 bits per heavy atom. The van der Waals surface area contributed by atoms with Gasteiger partial charge >= 0.3 is 0 Å². The van der Waals surface area contributed by atoms with Gasteiger partial charge in [-0.05, 0) is 126 Å². The van der Waals surface area contributed by atoms with Gasteiger partial charge in [-0.3, -0.25) is 19.9 Å². The zero-order valence-corrected chi connectivity index (χ0v) is 30.8. The number of hydrogen-bond donors (Lipinski definition) is 0. The molecule has 266 valence electrons. The van der Waals surface area contributed by atoms with Crippen LogP contribution in [0.2, 0.25) is 0 Å². The molecule has 0 atom stereocenters. The lowest BCUT2D eigenvalue weighted by Crippen LogP contribution is -2.10. The summed E-state index contributed by atoms with van der Waals surface area (Å²) in [5.41, 5.74) is 9.99. The van der Waals surface area contributed by atoms with Gasteiger partial charge in [0.05, 0.1) is 0 Å². The van der Waals surface area contributed by atoms with Crippen LogP contribution in [0.25, 0.3) is 87.2 Å². The zero-order chi connectivity index (χ0) is 37.7. The van der Waals surface area contributed by atoms with Crippen LogP contribution < -0.4 is 4.90 Å². The zero-order valence-electron chi connectivity index (χ0n) is 30.8. The number of nitrogens with zero attached hydrogens (tertiary/aromatic N) is 5. The predicted molar refractivity (Wildman–Crippen MR) is 236 cm³/mol. The predicted octanol–water partition coefficient (Wildman–Crippen LogP) is 13.5. The second-order valence-corrected chi connectivity index (χ2v) is 14.5. The van der Waals surface area contributed by atoms with Crippen LogP contribution in [-0.4, -0.2) is 19.9 Å². The number of anilines is 3. The number of hydrogen-bond acceptors (Lipinski definition) is 5. The number of benzene rings is 7. The molecule has 0 radical (unpaired) electrons. The van der Waals surface area contributed by atoms with Gasteiger partial charge in [0.25, 0.3) is 0 Å². The van der Waals surface area contributed by atoms with Crippen molar-refractivity contribution in [1.82, 2.24) is 19.9 Å². The summed E-state index contributed by atoms with van der Waals surface area (Å²) < 4.78 is 0. The average molecular weight is 728 g/mol. The van der Waals surface area contributed by atoms with Gasteiger partial charge in [0.2, 0.25) is 0 Å². The van der Waals surface area contributed by atoms with Gasteiger partial charge in [-0.1, -0.05) is 91.0 Å². The van der Waals surface area contributed by atoms with E-state index < -0.39 is 0 Å². The van der Waals surface area contributed by atoms with E-state index in [0.717, 1.165) is 60.9 Å². The van der Waals surface area contributed by atoms with E-state index in [9.17, 15) is 0 Å². The van der Waals surface area contributed by atoms with Crippen molar-refractivity contribution in [1.29, 1.82) is 0 Å². The fraction of sp³-hybridized carbons (Fsp3) is 0. The van der Waals surface area contributed by atoms with Crippen LogP contribution in [0.1, 0.15) is 0 Å². The van der Waals surface area contributed by atoms with Crippen molar-refractivity contribution in [3.63, 3.8) is 0 Å². The molecule has 0 fully saturated rings. The van der Waals surface area contributed by atoms with Gasteiger partial charge in [-0.15, -0.1) is 0 Å². The van der Waals surface area contributed by atoms with Gasteiger partial charge < -0.3 is 4.90 Å². The lowest BCUT2D eigenvalue weighted by molar-refractivity contribution is 1.28. The molecule has 57 heavy (non-hydrogen) atoms.